The SMILES string of the molecule is CC(C)C(NC(=O)Cc1ccccc1)C(=O)OCC1CCCCO1. The van der Waals surface area contributed by atoms with E-state index in [1.807, 2.05) is 44.2 Å². The van der Waals surface area contributed by atoms with Crippen molar-refractivity contribution in [3.05, 3.63) is 35.9 Å². The van der Waals surface area contributed by atoms with Crippen molar-refractivity contribution in [2.75, 3.05) is 13.2 Å². The molecule has 0 bridgehead atoms. The number of ether oxygens (including phenoxy) is 2. The van der Waals surface area contributed by atoms with Crippen molar-refractivity contribution < 1.29 is 19.1 Å². The fourth-order valence-electron chi connectivity index (χ4n) is 2.71. The smallest absolute Gasteiger partial charge is 0.328 e. The van der Waals surface area contributed by atoms with Crippen LogP contribution in [0.4, 0.5) is 0 Å². The van der Waals surface area contributed by atoms with E-state index in [1.165, 1.54) is 0 Å². The Hall–Kier alpha value is -1.88. The predicted octanol–water partition coefficient (Wildman–Crippen LogP) is 2.48. The maximum Gasteiger partial charge on any atom is 0.328 e. The van der Waals surface area contributed by atoms with Crippen LogP contribution in [0, 0.1) is 5.92 Å². The molecule has 2 atom stereocenters. The average Bonchev–Trinajstić information content (AvgIpc) is 2.59. The molecule has 1 saturated heterocycles. The van der Waals surface area contributed by atoms with Gasteiger partial charge >= 0.3 is 5.97 Å². The van der Waals surface area contributed by atoms with Crippen molar-refractivity contribution in [1.82, 2.24) is 5.32 Å². The van der Waals surface area contributed by atoms with E-state index >= 15 is 0 Å². The maximum absolute atomic E-state index is 12.3. The molecule has 132 valence electrons. The lowest BCUT2D eigenvalue weighted by atomic mass is 10.0. The van der Waals surface area contributed by atoms with Gasteiger partial charge in [0.2, 0.25) is 5.91 Å². The highest BCUT2D eigenvalue weighted by Crippen LogP contribution is 2.14. The first-order valence-electron chi connectivity index (χ1n) is 8.68. The minimum absolute atomic E-state index is 0.0180. The number of hydrogen-bond donors (Lipinski definition) is 1. The molecule has 1 aliphatic rings. The Balaban J connectivity index is 1.83. The summed E-state index contributed by atoms with van der Waals surface area (Å²) in [6.45, 7) is 4.78. The number of carbonyl (C=O) groups excluding carboxylic acids is 2. The van der Waals surface area contributed by atoms with Crippen molar-refractivity contribution in [3.63, 3.8) is 0 Å². The van der Waals surface area contributed by atoms with E-state index in [0.29, 0.717) is 0 Å². The number of hydrogen-bond acceptors (Lipinski definition) is 4. The van der Waals surface area contributed by atoms with Gasteiger partial charge in [-0.05, 0) is 30.7 Å². The number of nitrogens with one attached hydrogen (secondary N) is 1. The quantitative estimate of drug-likeness (QED) is 0.779. The molecule has 1 fully saturated rings. The first kappa shape index (κ1) is 18.5. The van der Waals surface area contributed by atoms with Crippen LogP contribution >= 0.6 is 0 Å². The lowest BCUT2D eigenvalue weighted by Gasteiger charge is -2.25. The van der Waals surface area contributed by atoms with Crippen LogP contribution < -0.4 is 5.32 Å². The topological polar surface area (TPSA) is 64.6 Å². The van der Waals surface area contributed by atoms with Crippen LogP contribution in [0.1, 0.15) is 38.7 Å². The molecule has 24 heavy (non-hydrogen) atoms. The molecule has 1 heterocycles. The molecule has 0 spiro atoms. The van der Waals surface area contributed by atoms with E-state index in [1.54, 1.807) is 0 Å². The molecule has 1 amide bonds. The summed E-state index contributed by atoms with van der Waals surface area (Å²) in [4.78, 5) is 24.5. The number of amides is 1. The van der Waals surface area contributed by atoms with Gasteiger partial charge in [0.15, 0.2) is 0 Å². The van der Waals surface area contributed by atoms with Crippen LogP contribution in [0.15, 0.2) is 30.3 Å². The van der Waals surface area contributed by atoms with Crippen LogP contribution in [0.3, 0.4) is 0 Å². The second-order valence-corrected chi connectivity index (χ2v) is 6.57. The van der Waals surface area contributed by atoms with Crippen LogP contribution in [0.5, 0.6) is 0 Å². The van der Waals surface area contributed by atoms with Crippen LogP contribution in [-0.2, 0) is 25.5 Å². The standard InChI is InChI=1S/C19H27NO4/c1-14(2)18(19(22)24-13-16-10-6-7-11-23-16)20-17(21)12-15-8-4-3-5-9-15/h3-5,8-9,14,16,18H,6-7,10-13H2,1-2H3,(H,20,21). The molecule has 0 aliphatic carbocycles. The van der Waals surface area contributed by atoms with Gasteiger partial charge in [-0.2, -0.15) is 0 Å². The third-order valence-electron chi connectivity index (χ3n) is 4.13. The van der Waals surface area contributed by atoms with E-state index in [9.17, 15) is 9.59 Å². The minimum Gasteiger partial charge on any atom is -0.461 e. The van der Waals surface area contributed by atoms with E-state index in [-0.39, 0.29) is 36.9 Å². The molecule has 1 N–H and O–H groups in total. The van der Waals surface area contributed by atoms with Crippen molar-refractivity contribution >= 4 is 11.9 Å². The summed E-state index contributed by atoms with van der Waals surface area (Å²) in [5.74, 6) is -0.601. The third kappa shape index (κ3) is 5.96. The van der Waals surface area contributed by atoms with E-state index in [0.717, 1.165) is 31.4 Å². The fraction of sp³-hybridized carbons (Fsp3) is 0.579. The zero-order valence-corrected chi connectivity index (χ0v) is 14.5. The lowest BCUT2D eigenvalue weighted by Crippen LogP contribution is -2.46. The first-order chi connectivity index (χ1) is 11.6. The molecule has 1 aromatic carbocycles. The van der Waals surface area contributed by atoms with Gasteiger partial charge in [-0.25, -0.2) is 4.79 Å². The van der Waals surface area contributed by atoms with Crippen molar-refractivity contribution in [3.8, 4) is 0 Å². The van der Waals surface area contributed by atoms with Gasteiger partial charge in [-0.15, -0.1) is 0 Å². The molecule has 0 radical (unpaired) electrons. The maximum atomic E-state index is 12.3. The highest BCUT2D eigenvalue weighted by Gasteiger charge is 2.27. The average molecular weight is 333 g/mol. The molecular formula is C19H27NO4. The Morgan fingerprint density at radius 1 is 1.25 bits per heavy atom. The number of benzene rings is 1. The first-order valence-corrected chi connectivity index (χ1v) is 8.68. The predicted molar refractivity (Wildman–Crippen MR) is 91.5 cm³/mol. The van der Waals surface area contributed by atoms with Crippen LogP contribution in [0.2, 0.25) is 0 Å². The Bertz CT molecular complexity index is 523. The largest absolute Gasteiger partial charge is 0.461 e. The lowest BCUT2D eigenvalue weighted by molar-refractivity contribution is -0.154. The highest BCUT2D eigenvalue weighted by molar-refractivity contribution is 5.85. The van der Waals surface area contributed by atoms with E-state index in [4.69, 9.17) is 9.47 Å². The highest BCUT2D eigenvalue weighted by atomic mass is 16.6. The second-order valence-electron chi connectivity index (χ2n) is 6.57. The monoisotopic (exact) mass is 333 g/mol. The van der Waals surface area contributed by atoms with Gasteiger partial charge in [0.1, 0.15) is 12.6 Å². The Labute approximate surface area is 143 Å². The van der Waals surface area contributed by atoms with Crippen LogP contribution in [0.25, 0.3) is 0 Å². The van der Waals surface area contributed by atoms with Gasteiger partial charge in [0, 0.05) is 6.61 Å². The zero-order chi connectivity index (χ0) is 17.4. The molecule has 1 aromatic rings. The summed E-state index contributed by atoms with van der Waals surface area (Å²) in [6, 6.07) is 8.83. The molecule has 5 nitrogen and oxygen atoms in total. The molecule has 0 saturated carbocycles. The van der Waals surface area contributed by atoms with Crippen molar-refractivity contribution in [1.29, 1.82) is 0 Å². The summed E-state index contributed by atoms with van der Waals surface area (Å²) < 4.78 is 10.9. The van der Waals surface area contributed by atoms with Gasteiger partial charge in [-0.1, -0.05) is 44.2 Å². The summed E-state index contributed by atoms with van der Waals surface area (Å²) in [7, 11) is 0. The molecule has 1 aliphatic heterocycles. The summed E-state index contributed by atoms with van der Waals surface area (Å²) in [6.07, 6.45) is 3.32. The summed E-state index contributed by atoms with van der Waals surface area (Å²) in [5, 5.41) is 2.80. The van der Waals surface area contributed by atoms with E-state index in [2.05, 4.69) is 5.32 Å². The zero-order valence-electron chi connectivity index (χ0n) is 14.5. The Kier molecular flexibility index (Phi) is 7.25. The van der Waals surface area contributed by atoms with Gasteiger partial charge in [0.05, 0.1) is 12.5 Å². The van der Waals surface area contributed by atoms with Gasteiger partial charge in [-0.3, -0.25) is 4.79 Å². The summed E-state index contributed by atoms with van der Waals surface area (Å²) in [5.41, 5.74) is 0.918. The summed E-state index contributed by atoms with van der Waals surface area (Å²) >= 11 is 0. The molecule has 5 heteroatoms. The van der Waals surface area contributed by atoms with Crippen LogP contribution in [-0.4, -0.2) is 37.2 Å². The molecule has 2 rings (SSSR count). The van der Waals surface area contributed by atoms with Crippen molar-refractivity contribution in [2.24, 2.45) is 5.92 Å². The minimum atomic E-state index is -0.634. The third-order valence-corrected chi connectivity index (χ3v) is 4.13. The van der Waals surface area contributed by atoms with E-state index < -0.39 is 6.04 Å². The van der Waals surface area contributed by atoms with Crippen molar-refractivity contribution in [2.45, 2.75) is 51.7 Å². The second kappa shape index (κ2) is 9.42. The van der Waals surface area contributed by atoms with Gasteiger partial charge in [0.25, 0.3) is 0 Å². The molecule has 0 aromatic heterocycles. The Morgan fingerprint density at radius 3 is 2.62 bits per heavy atom. The number of rotatable bonds is 7. The number of esters is 1. The molecule has 2 unspecified atom stereocenters. The fourth-order valence-corrected chi connectivity index (χ4v) is 2.71. The van der Waals surface area contributed by atoms with Gasteiger partial charge < -0.3 is 14.8 Å². The molecular weight excluding hydrogens is 306 g/mol. The Morgan fingerprint density at radius 2 is 2.00 bits per heavy atom. The normalized spacial score (nSPS) is 18.9. The number of carbonyl (C=O) groups is 2.